The van der Waals surface area contributed by atoms with Gasteiger partial charge in [0, 0.05) is 18.0 Å². The SMILES string of the molecule is c1ccc(-c2cc(-c3ccc(-c4ccccn4)nc3)cc(-c3ccc4c5c(cccc35)-c3c-4c(-c4ccccc4)c4ccccc4c3-c3ccccc3)c2)cc1. The average molecular weight is 711 g/mol. The van der Waals surface area contributed by atoms with E-state index in [1.165, 1.54) is 88.3 Å². The van der Waals surface area contributed by atoms with Crippen LogP contribution in [0.2, 0.25) is 0 Å². The number of hydrogen-bond acceptors (Lipinski definition) is 2. The summed E-state index contributed by atoms with van der Waals surface area (Å²) in [5.41, 5.74) is 18.9. The van der Waals surface area contributed by atoms with Crippen LogP contribution < -0.4 is 0 Å². The molecule has 0 amide bonds. The van der Waals surface area contributed by atoms with Crippen molar-refractivity contribution in [3.05, 3.63) is 207 Å². The van der Waals surface area contributed by atoms with Crippen LogP contribution in [-0.4, -0.2) is 9.97 Å². The van der Waals surface area contributed by atoms with Gasteiger partial charge in [-0.25, -0.2) is 0 Å². The van der Waals surface area contributed by atoms with Gasteiger partial charge in [-0.15, -0.1) is 0 Å². The second-order valence-corrected chi connectivity index (χ2v) is 14.5. The Balaban J connectivity index is 1.17. The van der Waals surface area contributed by atoms with Gasteiger partial charge in [-0.1, -0.05) is 158 Å². The van der Waals surface area contributed by atoms with E-state index in [1.807, 2.05) is 30.6 Å². The molecule has 1 aliphatic carbocycles. The van der Waals surface area contributed by atoms with Gasteiger partial charge in [0.2, 0.25) is 0 Å². The zero-order chi connectivity index (χ0) is 37.0. The van der Waals surface area contributed by atoms with Crippen molar-refractivity contribution in [2.45, 2.75) is 0 Å². The Hall–Kier alpha value is -7.42. The first-order chi connectivity index (χ1) is 27.8. The first-order valence-electron chi connectivity index (χ1n) is 19.1. The van der Waals surface area contributed by atoms with Crippen LogP contribution in [-0.2, 0) is 0 Å². The van der Waals surface area contributed by atoms with Crippen LogP contribution >= 0.6 is 0 Å². The molecule has 0 N–H and O–H groups in total. The van der Waals surface area contributed by atoms with Crippen molar-refractivity contribution >= 4 is 21.5 Å². The molecular formula is C54H34N2. The van der Waals surface area contributed by atoms with Crippen LogP contribution in [0.5, 0.6) is 0 Å². The fourth-order valence-corrected chi connectivity index (χ4v) is 8.84. The fraction of sp³-hybridized carbons (Fsp3) is 0. The Morgan fingerprint density at radius 3 is 1.39 bits per heavy atom. The van der Waals surface area contributed by atoms with E-state index in [9.17, 15) is 0 Å². The Kier molecular flexibility index (Phi) is 7.53. The van der Waals surface area contributed by atoms with Crippen molar-refractivity contribution in [3.8, 4) is 89.3 Å². The molecule has 2 nitrogen and oxygen atoms in total. The third-order valence-electron chi connectivity index (χ3n) is 11.3. The summed E-state index contributed by atoms with van der Waals surface area (Å²) >= 11 is 0. The molecule has 0 atom stereocenters. The third kappa shape index (κ3) is 5.19. The molecule has 10 aromatic rings. The summed E-state index contributed by atoms with van der Waals surface area (Å²) in [5.74, 6) is 0. The van der Waals surface area contributed by atoms with E-state index in [4.69, 9.17) is 4.98 Å². The second kappa shape index (κ2) is 13.2. The van der Waals surface area contributed by atoms with Gasteiger partial charge in [0.25, 0.3) is 0 Å². The number of rotatable bonds is 6. The lowest BCUT2D eigenvalue weighted by molar-refractivity contribution is 1.25. The van der Waals surface area contributed by atoms with Crippen molar-refractivity contribution in [2.24, 2.45) is 0 Å². The Morgan fingerprint density at radius 1 is 0.268 bits per heavy atom. The number of nitrogens with zero attached hydrogens (tertiary/aromatic N) is 2. The molecule has 0 unspecified atom stereocenters. The van der Waals surface area contributed by atoms with Gasteiger partial charge in [0.05, 0.1) is 11.4 Å². The standard InChI is InChI=1S/C54H34N2/c1-4-15-35(16-5-1)39-31-40(38-26-29-49(56-34-38)48-25-12-13-30-55-48)33-41(32-39)42-27-28-47-52-43(42)23-14-24-46(52)53-50(36-17-6-2-7-18-36)44-21-10-11-22-45(44)51(54(47)53)37-19-8-3-9-20-37/h1-34H. The second-order valence-electron chi connectivity index (χ2n) is 14.5. The van der Waals surface area contributed by atoms with Gasteiger partial charge >= 0.3 is 0 Å². The van der Waals surface area contributed by atoms with Crippen LogP contribution in [0.4, 0.5) is 0 Å². The average Bonchev–Trinajstić information content (AvgIpc) is 3.61. The van der Waals surface area contributed by atoms with Crippen molar-refractivity contribution in [3.63, 3.8) is 0 Å². The number of hydrogen-bond donors (Lipinski definition) is 0. The molecule has 2 aromatic heterocycles. The van der Waals surface area contributed by atoms with Crippen LogP contribution in [0.1, 0.15) is 0 Å². The lowest BCUT2D eigenvalue weighted by atomic mass is 9.82. The molecule has 0 bridgehead atoms. The lowest BCUT2D eigenvalue weighted by Gasteiger charge is -2.20. The first-order valence-corrected chi connectivity index (χ1v) is 19.1. The van der Waals surface area contributed by atoms with Crippen LogP contribution in [0.25, 0.3) is 111 Å². The van der Waals surface area contributed by atoms with Gasteiger partial charge in [-0.05, 0) is 130 Å². The lowest BCUT2D eigenvalue weighted by Crippen LogP contribution is -1.93. The van der Waals surface area contributed by atoms with Gasteiger partial charge < -0.3 is 0 Å². The molecule has 0 spiro atoms. The highest BCUT2D eigenvalue weighted by atomic mass is 14.8. The van der Waals surface area contributed by atoms with E-state index >= 15 is 0 Å². The van der Waals surface area contributed by atoms with Crippen molar-refractivity contribution in [2.75, 3.05) is 0 Å². The molecule has 56 heavy (non-hydrogen) atoms. The summed E-state index contributed by atoms with van der Waals surface area (Å²) in [5, 5.41) is 5.09. The Morgan fingerprint density at radius 2 is 0.786 bits per heavy atom. The molecule has 2 heteroatoms. The monoisotopic (exact) mass is 710 g/mol. The molecule has 0 saturated heterocycles. The number of aromatic nitrogens is 2. The van der Waals surface area contributed by atoms with Crippen LogP contribution in [0.3, 0.4) is 0 Å². The molecule has 11 rings (SSSR count). The van der Waals surface area contributed by atoms with Gasteiger partial charge in [-0.3, -0.25) is 9.97 Å². The van der Waals surface area contributed by atoms with E-state index in [0.717, 1.165) is 22.5 Å². The molecule has 2 heterocycles. The van der Waals surface area contributed by atoms with Crippen molar-refractivity contribution < 1.29 is 0 Å². The van der Waals surface area contributed by atoms with E-state index in [2.05, 4.69) is 181 Å². The molecule has 1 aliphatic rings. The minimum Gasteiger partial charge on any atom is -0.255 e. The smallest absolute Gasteiger partial charge is 0.0886 e. The maximum Gasteiger partial charge on any atom is 0.0886 e. The minimum atomic E-state index is 0.860. The molecule has 0 saturated carbocycles. The first kappa shape index (κ1) is 32.0. The highest BCUT2D eigenvalue weighted by Gasteiger charge is 2.31. The predicted molar refractivity (Wildman–Crippen MR) is 234 cm³/mol. The summed E-state index contributed by atoms with van der Waals surface area (Å²) in [6, 6.07) is 70.2. The maximum absolute atomic E-state index is 4.86. The van der Waals surface area contributed by atoms with Crippen molar-refractivity contribution in [1.82, 2.24) is 9.97 Å². The summed E-state index contributed by atoms with van der Waals surface area (Å²) in [6.45, 7) is 0. The maximum atomic E-state index is 4.86. The number of fused-ring (bicyclic) bond motifs is 4. The third-order valence-corrected chi connectivity index (χ3v) is 11.3. The van der Waals surface area contributed by atoms with Gasteiger partial charge in [0.15, 0.2) is 0 Å². The number of pyridine rings is 2. The number of benzene rings is 8. The summed E-state index contributed by atoms with van der Waals surface area (Å²) in [7, 11) is 0. The quantitative estimate of drug-likeness (QED) is 0.172. The summed E-state index contributed by atoms with van der Waals surface area (Å²) in [4.78, 5) is 9.38. The zero-order valence-corrected chi connectivity index (χ0v) is 30.5. The van der Waals surface area contributed by atoms with E-state index < -0.39 is 0 Å². The Labute approximate surface area is 326 Å². The van der Waals surface area contributed by atoms with Gasteiger partial charge in [-0.2, -0.15) is 0 Å². The molecule has 0 fully saturated rings. The highest BCUT2D eigenvalue weighted by molar-refractivity contribution is 6.28. The van der Waals surface area contributed by atoms with E-state index in [1.54, 1.807) is 0 Å². The van der Waals surface area contributed by atoms with E-state index in [-0.39, 0.29) is 0 Å². The predicted octanol–water partition coefficient (Wildman–Crippen LogP) is 14.4. The minimum absolute atomic E-state index is 0.860. The molecular weight excluding hydrogens is 677 g/mol. The summed E-state index contributed by atoms with van der Waals surface area (Å²) in [6.07, 6.45) is 3.79. The normalized spacial score (nSPS) is 11.6. The molecule has 0 radical (unpaired) electrons. The summed E-state index contributed by atoms with van der Waals surface area (Å²) < 4.78 is 0. The van der Waals surface area contributed by atoms with E-state index in [0.29, 0.717) is 0 Å². The molecule has 260 valence electrons. The Bertz CT molecular complexity index is 2990. The van der Waals surface area contributed by atoms with Crippen LogP contribution in [0, 0.1) is 0 Å². The van der Waals surface area contributed by atoms with Crippen molar-refractivity contribution in [1.29, 1.82) is 0 Å². The largest absolute Gasteiger partial charge is 0.255 e. The molecule has 8 aromatic carbocycles. The fourth-order valence-electron chi connectivity index (χ4n) is 8.84. The topological polar surface area (TPSA) is 25.8 Å². The highest BCUT2D eigenvalue weighted by Crippen LogP contribution is 2.58. The van der Waals surface area contributed by atoms with Crippen LogP contribution in [0.15, 0.2) is 207 Å². The van der Waals surface area contributed by atoms with Gasteiger partial charge in [0.1, 0.15) is 0 Å². The molecule has 0 aliphatic heterocycles. The zero-order valence-electron chi connectivity index (χ0n) is 30.5.